The third kappa shape index (κ3) is 5.37. The molecule has 1 fully saturated rings. The maximum atomic E-state index is 13.5. The largest absolute Gasteiger partial charge is 0.401 e. The summed E-state index contributed by atoms with van der Waals surface area (Å²) in [7, 11) is 0. The molecule has 0 aliphatic heterocycles. The lowest BCUT2D eigenvalue weighted by Crippen LogP contribution is -2.35. The van der Waals surface area contributed by atoms with Crippen LogP contribution in [0.2, 0.25) is 0 Å². The van der Waals surface area contributed by atoms with E-state index in [0.717, 1.165) is 12.8 Å². The second-order valence-electron chi connectivity index (χ2n) is 5.06. The maximum absolute atomic E-state index is 13.5. The van der Waals surface area contributed by atoms with Crippen LogP contribution in [-0.2, 0) is 6.54 Å². The van der Waals surface area contributed by atoms with E-state index in [9.17, 15) is 17.6 Å². The van der Waals surface area contributed by atoms with Crippen molar-refractivity contribution in [2.75, 3.05) is 13.2 Å². The Morgan fingerprint density at radius 3 is 2.52 bits per heavy atom. The zero-order valence-electron chi connectivity index (χ0n) is 11.3. The lowest BCUT2D eigenvalue weighted by molar-refractivity contribution is -0.148. The maximum Gasteiger partial charge on any atom is 0.401 e. The van der Waals surface area contributed by atoms with Crippen molar-refractivity contribution in [3.63, 3.8) is 0 Å². The average molecular weight is 301 g/mol. The van der Waals surface area contributed by atoms with Gasteiger partial charge in [-0.2, -0.15) is 13.2 Å². The normalized spacial score (nSPS) is 15.0. The first-order valence-electron chi connectivity index (χ1n) is 6.57. The highest BCUT2D eigenvalue weighted by Gasteiger charge is 2.37. The van der Waals surface area contributed by atoms with Crippen molar-refractivity contribution in [2.45, 2.75) is 31.6 Å². The Labute approximate surface area is 120 Å². The number of alkyl halides is 3. The van der Waals surface area contributed by atoms with Crippen LogP contribution >= 0.6 is 0 Å². The summed E-state index contributed by atoms with van der Waals surface area (Å²) in [5.74, 6) is 4.41. The van der Waals surface area contributed by atoms with Crippen LogP contribution in [0.3, 0.4) is 0 Å². The second-order valence-corrected chi connectivity index (χ2v) is 5.06. The number of nitrogens with zero attached hydrogens (tertiary/aromatic N) is 1. The van der Waals surface area contributed by atoms with Crippen LogP contribution in [-0.4, -0.2) is 35.4 Å². The fraction of sp³-hybridized carbons (Fsp3) is 0.467. The van der Waals surface area contributed by atoms with Gasteiger partial charge in [0.1, 0.15) is 12.4 Å². The molecule has 1 aliphatic rings. The van der Waals surface area contributed by atoms with Gasteiger partial charge < -0.3 is 5.11 Å². The quantitative estimate of drug-likeness (QED) is 0.683. The zero-order valence-corrected chi connectivity index (χ0v) is 11.3. The summed E-state index contributed by atoms with van der Waals surface area (Å²) in [5.41, 5.74) is 0.801. The number of aliphatic hydroxyl groups excluding tert-OH is 1. The molecule has 0 heterocycles. The van der Waals surface area contributed by atoms with Gasteiger partial charge in [0.2, 0.25) is 0 Å². The van der Waals surface area contributed by atoms with E-state index in [1.54, 1.807) is 6.07 Å². The molecule has 114 valence electrons. The van der Waals surface area contributed by atoms with Crippen molar-refractivity contribution < 1.29 is 22.7 Å². The lowest BCUT2D eigenvalue weighted by atomic mass is 10.1. The van der Waals surface area contributed by atoms with Crippen molar-refractivity contribution in [1.29, 1.82) is 0 Å². The molecule has 0 amide bonds. The summed E-state index contributed by atoms with van der Waals surface area (Å²) in [6.07, 6.45) is -2.79. The zero-order chi connectivity index (χ0) is 15.5. The molecule has 0 spiro atoms. The molecule has 0 atom stereocenters. The summed E-state index contributed by atoms with van der Waals surface area (Å²) in [6, 6.07) is 3.88. The Morgan fingerprint density at radius 2 is 1.95 bits per heavy atom. The van der Waals surface area contributed by atoms with Gasteiger partial charge >= 0.3 is 6.18 Å². The molecule has 0 unspecified atom stereocenters. The molecular weight excluding hydrogens is 286 g/mol. The van der Waals surface area contributed by atoms with Crippen molar-refractivity contribution in [3.8, 4) is 11.8 Å². The van der Waals surface area contributed by atoms with Crippen molar-refractivity contribution in [1.82, 2.24) is 4.90 Å². The number of rotatable bonds is 4. The monoisotopic (exact) mass is 301 g/mol. The van der Waals surface area contributed by atoms with Crippen LogP contribution in [0.15, 0.2) is 18.2 Å². The molecule has 2 rings (SSSR count). The summed E-state index contributed by atoms with van der Waals surface area (Å²) in [6.45, 7) is -1.31. The SMILES string of the molecule is OCC#Cc1cc(F)cc(CN(CC(F)(F)F)C2CC2)c1. The summed E-state index contributed by atoms with van der Waals surface area (Å²) in [4.78, 5) is 1.32. The van der Waals surface area contributed by atoms with Crippen LogP contribution in [0, 0.1) is 17.7 Å². The predicted octanol–water partition coefficient (Wildman–Crippen LogP) is 2.70. The van der Waals surface area contributed by atoms with Crippen molar-refractivity contribution in [2.24, 2.45) is 0 Å². The van der Waals surface area contributed by atoms with Gasteiger partial charge in [-0.1, -0.05) is 11.8 Å². The summed E-state index contributed by atoms with van der Waals surface area (Å²) >= 11 is 0. The molecule has 2 nitrogen and oxygen atoms in total. The molecule has 1 aromatic rings. The van der Waals surface area contributed by atoms with Gasteiger partial charge in [-0.25, -0.2) is 4.39 Å². The number of halogens is 4. The first kappa shape index (κ1) is 15.8. The van der Waals surface area contributed by atoms with Crippen LogP contribution in [0.4, 0.5) is 17.6 Å². The van der Waals surface area contributed by atoms with Crippen molar-refractivity contribution >= 4 is 0 Å². The van der Waals surface area contributed by atoms with E-state index in [2.05, 4.69) is 11.8 Å². The smallest absolute Gasteiger partial charge is 0.384 e. The van der Waals surface area contributed by atoms with E-state index in [0.29, 0.717) is 11.1 Å². The Bertz CT molecular complexity index is 555. The molecule has 1 saturated carbocycles. The molecule has 0 aromatic heterocycles. The number of aliphatic hydroxyl groups is 1. The van der Waals surface area contributed by atoms with Gasteiger partial charge in [0.25, 0.3) is 0 Å². The minimum atomic E-state index is -4.27. The van der Waals surface area contributed by atoms with Gasteiger partial charge in [0, 0.05) is 18.2 Å². The molecule has 6 heteroatoms. The molecule has 0 saturated heterocycles. The molecule has 21 heavy (non-hydrogen) atoms. The van der Waals surface area contributed by atoms with Crippen LogP contribution < -0.4 is 0 Å². The van der Waals surface area contributed by atoms with E-state index in [4.69, 9.17) is 5.11 Å². The Balaban J connectivity index is 2.14. The van der Waals surface area contributed by atoms with Gasteiger partial charge in [0.15, 0.2) is 0 Å². The average Bonchev–Trinajstić information content (AvgIpc) is 3.17. The number of hydrogen-bond acceptors (Lipinski definition) is 2. The van der Waals surface area contributed by atoms with Gasteiger partial charge in [-0.3, -0.25) is 4.90 Å². The number of benzene rings is 1. The lowest BCUT2D eigenvalue weighted by Gasteiger charge is -2.23. The van der Waals surface area contributed by atoms with E-state index in [1.807, 2.05) is 0 Å². The molecule has 1 N–H and O–H groups in total. The standard InChI is InChI=1S/C15H15F4NO/c16-13-7-11(2-1-5-21)6-12(8-13)9-20(14-3-4-14)10-15(17,18)19/h6-8,14,21H,3-5,9-10H2. The first-order valence-corrected chi connectivity index (χ1v) is 6.57. The van der Waals surface area contributed by atoms with E-state index in [-0.39, 0.29) is 19.2 Å². The topological polar surface area (TPSA) is 23.5 Å². The van der Waals surface area contributed by atoms with E-state index >= 15 is 0 Å². The Morgan fingerprint density at radius 1 is 1.24 bits per heavy atom. The van der Waals surface area contributed by atoms with Gasteiger partial charge in [0.05, 0.1) is 6.54 Å². The fourth-order valence-electron chi connectivity index (χ4n) is 2.17. The molecule has 1 aliphatic carbocycles. The molecular formula is C15H15F4NO. The third-order valence-corrected chi connectivity index (χ3v) is 3.10. The number of hydrogen-bond donors (Lipinski definition) is 1. The van der Waals surface area contributed by atoms with Crippen LogP contribution in [0.1, 0.15) is 24.0 Å². The van der Waals surface area contributed by atoms with Crippen molar-refractivity contribution in [3.05, 3.63) is 35.1 Å². The van der Waals surface area contributed by atoms with E-state index < -0.39 is 18.5 Å². The van der Waals surface area contributed by atoms with Gasteiger partial charge in [-0.15, -0.1) is 0 Å². The van der Waals surface area contributed by atoms with Crippen LogP contribution in [0.5, 0.6) is 0 Å². The highest BCUT2D eigenvalue weighted by molar-refractivity contribution is 5.37. The fourth-order valence-corrected chi connectivity index (χ4v) is 2.17. The Hall–Kier alpha value is -1.58. The van der Waals surface area contributed by atoms with Crippen LogP contribution in [0.25, 0.3) is 0 Å². The minimum absolute atomic E-state index is 0.0374. The highest BCUT2D eigenvalue weighted by atomic mass is 19.4. The van der Waals surface area contributed by atoms with Gasteiger partial charge in [-0.05, 0) is 36.6 Å². The summed E-state index contributed by atoms with van der Waals surface area (Å²) in [5, 5.41) is 8.62. The third-order valence-electron chi connectivity index (χ3n) is 3.10. The first-order chi connectivity index (χ1) is 9.87. The minimum Gasteiger partial charge on any atom is -0.384 e. The van der Waals surface area contributed by atoms with E-state index in [1.165, 1.54) is 17.0 Å². The highest BCUT2D eigenvalue weighted by Crippen LogP contribution is 2.31. The Kier molecular flexibility index (Phi) is 4.86. The molecule has 1 aromatic carbocycles. The summed E-state index contributed by atoms with van der Waals surface area (Å²) < 4.78 is 51.2. The predicted molar refractivity (Wildman–Crippen MR) is 69.9 cm³/mol. The molecule has 0 bridgehead atoms. The second kappa shape index (κ2) is 6.46. The molecule has 0 radical (unpaired) electrons.